The molecule has 1 aliphatic rings. The van der Waals surface area contributed by atoms with Crippen LogP contribution in [0.4, 0.5) is 0 Å². The standard InChI is InChI=1S/C13H16N2/c1-9-7-14-8-11-10-5-3-4-6-12(10)15(2)13(9)11/h3-6,9,14H,7-8H2,1-2H3. The van der Waals surface area contributed by atoms with Gasteiger partial charge in [-0.25, -0.2) is 0 Å². The van der Waals surface area contributed by atoms with E-state index < -0.39 is 0 Å². The zero-order valence-electron chi connectivity index (χ0n) is 9.25. The fourth-order valence-electron chi connectivity index (χ4n) is 2.82. The Morgan fingerprint density at radius 2 is 2.13 bits per heavy atom. The molecule has 1 atom stereocenters. The van der Waals surface area contributed by atoms with E-state index >= 15 is 0 Å². The van der Waals surface area contributed by atoms with E-state index in [0.29, 0.717) is 5.92 Å². The molecule has 1 N–H and O–H groups in total. The van der Waals surface area contributed by atoms with E-state index in [2.05, 4.69) is 48.1 Å². The number of fused-ring (bicyclic) bond motifs is 3. The summed E-state index contributed by atoms with van der Waals surface area (Å²) in [5.74, 6) is 0.617. The van der Waals surface area contributed by atoms with Crippen LogP contribution in [0.3, 0.4) is 0 Å². The van der Waals surface area contributed by atoms with Crippen molar-refractivity contribution < 1.29 is 0 Å². The molecule has 15 heavy (non-hydrogen) atoms. The zero-order valence-corrected chi connectivity index (χ0v) is 9.25. The highest BCUT2D eigenvalue weighted by Crippen LogP contribution is 2.32. The number of benzene rings is 1. The summed E-state index contributed by atoms with van der Waals surface area (Å²) in [6.07, 6.45) is 0. The number of aromatic nitrogens is 1. The number of para-hydroxylation sites is 1. The van der Waals surface area contributed by atoms with Crippen LogP contribution < -0.4 is 5.32 Å². The predicted molar refractivity (Wildman–Crippen MR) is 63.0 cm³/mol. The van der Waals surface area contributed by atoms with Crippen LogP contribution in [-0.4, -0.2) is 11.1 Å². The molecule has 0 bridgehead atoms. The Morgan fingerprint density at radius 3 is 3.00 bits per heavy atom. The van der Waals surface area contributed by atoms with Crippen molar-refractivity contribution in [2.24, 2.45) is 7.05 Å². The van der Waals surface area contributed by atoms with Crippen molar-refractivity contribution in [2.45, 2.75) is 19.4 Å². The van der Waals surface area contributed by atoms with E-state index in [-0.39, 0.29) is 0 Å². The SMILES string of the molecule is CC1CNCc2c1n(C)c1ccccc21. The molecule has 0 saturated carbocycles. The highest BCUT2D eigenvalue weighted by atomic mass is 15.0. The predicted octanol–water partition coefficient (Wildman–Crippen LogP) is 2.39. The van der Waals surface area contributed by atoms with Crippen LogP contribution in [0, 0.1) is 0 Å². The van der Waals surface area contributed by atoms with E-state index in [0.717, 1.165) is 13.1 Å². The van der Waals surface area contributed by atoms with Gasteiger partial charge in [-0.15, -0.1) is 0 Å². The molecule has 0 spiro atoms. The lowest BCUT2D eigenvalue weighted by molar-refractivity contribution is 0.548. The summed E-state index contributed by atoms with van der Waals surface area (Å²) in [4.78, 5) is 0. The summed E-state index contributed by atoms with van der Waals surface area (Å²) in [5.41, 5.74) is 4.36. The third-order valence-corrected chi connectivity index (χ3v) is 3.48. The Kier molecular flexibility index (Phi) is 1.86. The topological polar surface area (TPSA) is 17.0 Å². The minimum atomic E-state index is 0.617. The van der Waals surface area contributed by atoms with Gasteiger partial charge in [-0.05, 0) is 11.6 Å². The molecule has 0 aliphatic carbocycles. The maximum atomic E-state index is 3.48. The van der Waals surface area contributed by atoms with Gasteiger partial charge in [0.05, 0.1) is 0 Å². The van der Waals surface area contributed by atoms with Crippen LogP contribution in [0.5, 0.6) is 0 Å². The van der Waals surface area contributed by atoms with Gasteiger partial charge in [0.2, 0.25) is 0 Å². The molecule has 78 valence electrons. The number of aryl methyl sites for hydroxylation is 1. The molecule has 0 saturated heterocycles. The Bertz CT molecular complexity index is 510. The number of hydrogen-bond acceptors (Lipinski definition) is 1. The van der Waals surface area contributed by atoms with Crippen LogP contribution in [0.2, 0.25) is 0 Å². The van der Waals surface area contributed by atoms with Crippen molar-refractivity contribution in [1.29, 1.82) is 0 Å². The van der Waals surface area contributed by atoms with Gasteiger partial charge in [0.15, 0.2) is 0 Å². The summed E-state index contributed by atoms with van der Waals surface area (Å²) < 4.78 is 2.36. The minimum absolute atomic E-state index is 0.617. The third kappa shape index (κ3) is 1.15. The van der Waals surface area contributed by atoms with Crippen molar-refractivity contribution in [2.75, 3.05) is 6.54 Å². The second kappa shape index (κ2) is 3.11. The Balaban J connectivity index is 2.40. The first kappa shape index (κ1) is 8.98. The summed E-state index contributed by atoms with van der Waals surface area (Å²) >= 11 is 0. The van der Waals surface area contributed by atoms with Gasteiger partial charge in [0.25, 0.3) is 0 Å². The van der Waals surface area contributed by atoms with E-state index in [4.69, 9.17) is 0 Å². The highest BCUT2D eigenvalue weighted by Gasteiger charge is 2.22. The summed E-state index contributed by atoms with van der Waals surface area (Å²) in [6.45, 7) is 4.40. The molecule has 1 aliphatic heterocycles. The molecule has 0 radical (unpaired) electrons. The largest absolute Gasteiger partial charge is 0.347 e. The fourth-order valence-corrected chi connectivity index (χ4v) is 2.82. The van der Waals surface area contributed by atoms with Crippen LogP contribution in [0.25, 0.3) is 10.9 Å². The van der Waals surface area contributed by atoms with Gasteiger partial charge in [-0.2, -0.15) is 0 Å². The number of nitrogens with zero attached hydrogens (tertiary/aromatic N) is 1. The normalized spacial score (nSPS) is 20.5. The van der Waals surface area contributed by atoms with Crippen molar-refractivity contribution in [1.82, 2.24) is 9.88 Å². The summed E-state index contributed by atoms with van der Waals surface area (Å²) in [7, 11) is 2.18. The molecule has 2 aromatic rings. The van der Waals surface area contributed by atoms with Crippen LogP contribution in [-0.2, 0) is 13.6 Å². The number of hydrogen-bond donors (Lipinski definition) is 1. The van der Waals surface area contributed by atoms with E-state index in [1.165, 1.54) is 22.2 Å². The Labute approximate surface area is 89.9 Å². The molecule has 1 aromatic heterocycles. The first-order valence-corrected chi connectivity index (χ1v) is 5.56. The lowest BCUT2D eigenvalue weighted by atomic mass is 9.98. The molecule has 2 heteroatoms. The maximum absolute atomic E-state index is 3.48. The molecular formula is C13H16N2. The molecule has 3 rings (SSSR count). The fraction of sp³-hybridized carbons (Fsp3) is 0.385. The first-order valence-electron chi connectivity index (χ1n) is 5.56. The van der Waals surface area contributed by atoms with Gasteiger partial charge in [0.1, 0.15) is 0 Å². The lowest BCUT2D eigenvalue weighted by Crippen LogP contribution is -2.27. The quantitative estimate of drug-likeness (QED) is 0.691. The Morgan fingerprint density at radius 1 is 1.33 bits per heavy atom. The second-order valence-electron chi connectivity index (χ2n) is 4.47. The molecule has 2 heterocycles. The van der Waals surface area contributed by atoms with E-state index in [1.54, 1.807) is 0 Å². The molecule has 0 amide bonds. The van der Waals surface area contributed by atoms with Crippen LogP contribution >= 0.6 is 0 Å². The van der Waals surface area contributed by atoms with Crippen molar-refractivity contribution in [3.63, 3.8) is 0 Å². The van der Waals surface area contributed by atoms with E-state index in [9.17, 15) is 0 Å². The molecule has 1 aromatic carbocycles. The number of nitrogens with one attached hydrogen (secondary N) is 1. The van der Waals surface area contributed by atoms with Crippen molar-refractivity contribution in [3.8, 4) is 0 Å². The minimum Gasteiger partial charge on any atom is -0.347 e. The third-order valence-electron chi connectivity index (χ3n) is 3.48. The first-order chi connectivity index (χ1) is 7.29. The highest BCUT2D eigenvalue weighted by molar-refractivity contribution is 5.85. The molecular weight excluding hydrogens is 184 g/mol. The van der Waals surface area contributed by atoms with Crippen molar-refractivity contribution >= 4 is 10.9 Å². The average Bonchev–Trinajstić information content (AvgIpc) is 2.55. The van der Waals surface area contributed by atoms with Gasteiger partial charge < -0.3 is 9.88 Å². The second-order valence-corrected chi connectivity index (χ2v) is 4.47. The smallest absolute Gasteiger partial charge is 0.0483 e. The van der Waals surface area contributed by atoms with Crippen LogP contribution in [0.15, 0.2) is 24.3 Å². The van der Waals surface area contributed by atoms with Gasteiger partial charge in [-0.3, -0.25) is 0 Å². The van der Waals surface area contributed by atoms with Gasteiger partial charge in [0, 0.05) is 42.7 Å². The van der Waals surface area contributed by atoms with Gasteiger partial charge in [-0.1, -0.05) is 25.1 Å². The van der Waals surface area contributed by atoms with Crippen molar-refractivity contribution in [3.05, 3.63) is 35.5 Å². The molecule has 2 nitrogen and oxygen atoms in total. The van der Waals surface area contributed by atoms with E-state index in [1.807, 2.05) is 0 Å². The molecule has 0 fully saturated rings. The monoisotopic (exact) mass is 200 g/mol. The summed E-state index contributed by atoms with van der Waals surface area (Å²) in [5, 5.41) is 4.89. The Hall–Kier alpha value is -1.28. The lowest BCUT2D eigenvalue weighted by Gasteiger charge is -2.21. The average molecular weight is 200 g/mol. The van der Waals surface area contributed by atoms with Gasteiger partial charge >= 0.3 is 0 Å². The number of rotatable bonds is 0. The molecule has 1 unspecified atom stereocenters. The maximum Gasteiger partial charge on any atom is 0.0483 e. The van der Waals surface area contributed by atoms with Crippen LogP contribution in [0.1, 0.15) is 24.1 Å². The zero-order chi connectivity index (χ0) is 10.4. The summed E-state index contributed by atoms with van der Waals surface area (Å²) in [6, 6.07) is 8.68.